The molecule has 3 heterocycles. The molecule has 3 amide bonds. The summed E-state index contributed by atoms with van der Waals surface area (Å²) >= 11 is 0. The lowest BCUT2D eigenvalue weighted by molar-refractivity contribution is -0.933. The molecule has 212 valence electrons. The molecular formula is C30H45N5O4+2. The third-order valence-electron chi connectivity index (χ3n) is 10.2. The first-order valence-electron chi connectivity index (χ1n) is 15.2. The van der Waals surface area contributed by atoms with Gasteiger partial charge in [-0.3, -0.25) is 14.4 Å². The van der Waals surface area contributed by atoms with Gasteiger partial charge in [0.1, 0.15) is 24.4 Å². The van der Waals surface area contributed by atoms with E-state index in [1.807, 2.05) is 48.5 Å². The van der Waals surface area contributed by atoms with Crippen molar-refractivity contribution in [3.63, 3.8) is 0 Å². The SMILES string of the molecule is C[NH2+][C@@H](C)C(=O)N[C@H](C(=O)N1C[C@H]2C[C@@H]3C[C@@H]3[NH+]2C[C@H]1C(=O)N[C@@H]1CCOc2ccccc21)C1CCCCC1. The first kappa shape index (κ1) is 26.6. The van der Waals surface area contributed by atoms with Gasteiger partial charge in [-0.15, -0.1) is 0 Å². The third-order valence-corrected chi connectivity index (χ3v) is 10.2. The fraction of sp³-hybridized carbons (Fsp3) is 0.700. The number of carbonyl (C=O) groups excluding carboxylic acids is 3. The van der Waals surface area contributed by atoms with Crippen LogP contribution >= 0.6 is 0 Å². The van der Waals surface area contributed by atoms with Crippen molar-refractivity contribution in [1.82, 2.24) is 15.5 Å². The monoisotopic (exact) mass is 539 g/mol. The zero-order chi connectivity index (χ0) is 27.1. The molecule has 8 atom stereocenters. The molecule has 5 aliphatic rings. The number of benzene rings is 1. The zero-order valence-electron chi connectivity index (χ0n) is 23.4. The summed E-state index contributed by atoms with van der Waals surface area (Å²) in [6, 6.07) is 7.41. The Labute approximate surface area is 231 Å². The summed E-state index contributed by atoms with van der Waals surface area (Å²) in [6.07, 6.45) is 8.30. The second-order valence-corrected chi connectivity index (χ2v) is 12.6. The van der Waals surface area contributed by atoms with E-state index in [1.54, 1.807) is 0 Å². The number of hydrogen-bond acceptors (Lipinski definition) is 4. The van der Waals surface area contributed by atoms with Gasteiger partial charge in [-0.1, -0.05) is 37.5 Å². The maximum Gasteiger partial charge on any atom is 0.278 e. The molecule has 9 heteroatoms. The molecule has 2 saturated heterocycles. The van der Waals surface area contributed by atoms with Gasteiger partial charge >= 0.3 is 0 Å². The number of nitrogens with zero attached hydrogens (tertiary/aromatic N) is 1. The molecule has 0 bridgehead atoms. The Morgan fingerprint density at radius 1 is 1.10 bits per heavy atom. The molecule has 5 N–H and O–H groups in total. The molecule has 1 aromatic rings. The van der Waals surface area contributed by atoms with Gasteiger partial charge in [-0.05, 0) is 31.7 Å². The molecule has 2 aliphatic carbocycles. The minimum atomic E-state index is -0.572. The predicted octanol–water partition coefficient (Wildman–Crippen LogP) is -0.470. The number of fused-ring (bicyclic) bond motifs is 4. The van der Waals surface area contributed by atoms with Crippen LogP contribution in [0.3, 0.4) is 0 Å². The van der Waals surface area contributed by atoms with Crippen molar-refractivity contribution in [2.24, 2.45) is 11.8 Å². The van der Waals surface area contributed by atoms with Crippen LogP contribution < -0.4 is 25.6 Å². The molecular weight excluding hydrogens is 494 g/mol. The molecule has 1 aromatic carbocycles. The molecule has 0 spiro atoms. The molecule has 39 heavy (non-hydrogen) atoms. The summed E-state index contributed by atoms with van der Waals surface area (Å²) < 4.78 is 5.82. The summed E-state index contributed by atoms with van der Waals surface area (Å²) in [7, 11) is 1.88. The number of ether oxygens (including phenoxy) is 1. The van der Waals surface area contributed by atoms with E-state index in [4.69, 9.17) is 4.74 Å². The Kier molecular flexibility index (Phi) is 7.55. The quantitative estimate of drug-likeness (QED) is 0.376. The van der Waals surface area contributed by atoms with Crippen LogP contribution in [0.2, 0.25) is 0 Å². The van der Waals surface area contributed by atoms with Gasteiger partial charge in [0.25, 0.3) is 5.91 Å². The fourth-order valence-corrected chi connectivity index (χ4v) is 7.69. The van der Waals surface area contributed by atoms with Crippen LogP contribution in [0.4, 0.5) is 0 Å². The van der Waals surface area contributed by atoms with Crippen LogP contribution in [0, 0.1) is 11.8 Å². The van der Waals surface area contributed by atoms with Gasteiger partial charge in [0.2, 0.25) is 11.8 Å². The highest BCUT2D eigenvalue weighted by atomic mass is 16.5. The fourth-order valence-electron chi connectivity index (χ4n) is 7.69. The Morgan fingerprint density at radius 3 is 2.69 bits per heavy atom. The van der Waals surface area contributed by atoms with E-state index >= 15 is 0 Å². The minimum Gasteiger partial charge on any atom is -0.493 e. The van der Waals surface area contributed by atoms with Crippen LogP contribution in [-0.4, -0.2) is 79.6 Å². The molecule has 4 fully saturated rings. The zero-order valence-corrected chi connectivity index (χ0v) is 23.4. The number of rotatable bonds is 7. The largest absolute Gasteiger partial charge is 0.493 e. The van der Waals surface area contributed by atoms with Crippen molar-refractivity contribution >= 4 is 17.7 Å². The van der Waals surface area contributed by atoms with E-state index in [-0.39, 0.29) is 35.7 Å². The summed E-state index contributed by atoms with van der Waals surface area (Å²) in [6.45, 7) is 3.67. The highest BCUT2D eigenvalue weighted by Gasteiger charge is 2.60. The van der Waals surface area contributed by atoms with Crippen molar-refractivity contribution in [2.45, 2.75) is 94.5 Å². The predicted molar refractivity (Wildman–Crippen MR) is 145 cm³/mol. The Hall–Kier alpha value is -2.65. The standard InChI is InChI=1S/C30H43N5O4/c1-18(31-2)28(36)33-27(19-8-4-3-5-9-19)30(38)35-16-21-14-20-15-24(20)34(21)17-25(35)29(37)32-23-12-13-39-26-11-7-6-10-22(23)26/h6-7,10-11,18-21,23-25,27,31H,3-5,8-9,12-17H2,1-2H3,(H,32,37)(H,33,36)/p+2/t18-,20+,21+,23+,24-,25-,27-/m0/s1. The highest BCUT2D eigenvalue weighted by molar-refractivity contribution is 5.93. The number of para-hydroxylation sites is 1. The van der Waals surface area contributed by atoms with E-state index in [2.05, 4.69) is 10.6 Å². The van der Waals surface area contributed by atoms with Gasteiger partial charge in [-0.2, -0.15) is 0 Å². The van der Waals surface area contributed by atoms with E-state index in [0.29, 0.717) is 38.2 Å². The van der Waals surface area contributed by atoms with Crippen LogP contribution in [0.5, 0.6) is 5.75 Å². The molecule has 9 nitrogen and oxygen atoms in total. The van der Waals surface area contributed by atoms with E-state index in [0.717, 1.165) is 49.3 Å². The number of piperidine rings is 1. The molecule has 0 radical (unpaired) electrons. The van der Waals surface area contributed by atoms with Crippen molar-refractivity contribution < 1.29 is 29.3 Å². The molecule has 2 saturated carbocycles. The van der Waals surface area contributed by atoms with Gasteiger partial charge < -0.3 is 30.5 Å². The number of quaternary nitrogens is 2. The van der Waals surface area contributed by atoms with Crippen molar-refractivity contribution in [3.8, 4) is 5.75 Å². The highest BCUT2D eigenvalue weighted by Crippen LogP contribution is 2.39. The lowest BCUT2D eigenvalue weighted by Crippen LogP contribution is -3.19. The number of hydrogen-bond donors (Lipinski definition) is 4. The number of amides is 3. The van der Waals surface area contributed by atoms with E-state index in [1.165, 1.54) is 17.7 Å². The Balaban J connectivity index is 1.25. The molecule has 1 unspecified atom stereocenters. The Morgan fingerprint density at radius 2 is 1.90 bits per heavy atom. The molecule has 0 aromatic heterocycles. The van der Waals surface area contributed by atoms with Gasteiger partial charge in [0.15, 0.2) is 12.1 Å². The maximum atomic E-state index is 14.4. The number of piperazine rings is 1. The molecule has 6 rings (SSSR count). The lowest BCUT2D eigenvalue weighted by Gasteiger charge is -2.44. The van der Waals surface area contributed by atoms with Crippen molar-refractivity contribution in [1.29, 1.82) is 0 Å². The van der Waals surface area contributed by atoms with E-state index < -0.39 is 12.1 Å². The number of nitrogens with two attached hydrogens (primary N) is 1. The topological polar surface area (TPSA) is 109 Å². The van der Waals surface area contributed by atoms with Gasteiger partial charge in [0.05, 0.1) is 32.3 Å². The number of carbonyl (C=O) groups is 3. The van der Waals surface area contributed by atoms with Crippen molar-refractivity contribution in [2.75, 3.05) is 26.7 Å². The summed E-state index contributed by atoms with van der Waals surface area (Å²) in [5, 5.41) is 8.32. The molecule has 3 aliphatic heterocycles. The van der Waals surface area contributed by atoms with Crippen LogP contribution in [0.1, 0.15) is 69.9 Å². The second kappa shape index (κ2) is 11.1. The average Bonchev–Trinajstić information content (AvgIpc) is 3.65. The number of likely N-dealkylation sites (N-methyl/N-ethyl adjacent to an activating group) is 1. The van der Waals surface area contributed by atoms with E-state index in [9.17, 15) is 14.4 Å². The number of nitrogens with one attached hydrogen (secondary N) is 3. The van der Waals surface area contributed by atoms with Crippen molar-refractivity contribution in [3.05, 3.63) is 29.8 Å². The maximum absolute atomic E-state index is 14.4. The Bertz CT molecular complexity index is 1090. The summed E-state index contributed by atoms with van der Waals surface area (Å²) in [5.74, 6) is 1.43. The smallest absolute Gasteiger partial charge is 0.278 e. The van der Waals surface area contributed by atoms with Gasteiger partial charge in [-0.25, -0.2) is 0 Å². The van der Waals surface area contributed by atoms with Crippen LogP contribution in [0.25, 0.3) is 0 Å². The average molecular weight is 540 g/mol. The summed E-state index contributed by atoms with van der Waals surface area (Å²) in [5.41, 5.74) is 0.997. The van der Waals surface area contributed by atoms with Crippen LogP contribution in [0.15, 0.2) is 24.3 Å². The van der Waals surface area contributed by atoms with Gasteiger partial charge in [0, 0.05) is 30.7 Å². The van der Waals surface area contributed by atoms with Crippen LogP contribution in [-0.2, 0) is 14.4 Å². The minimum absolute atomic E-state index is 0.0642. The normalized spacial score (nSPS) is 33.0. The third kappa shape index (κ3) is 5.27. The second-order valence-electron chi connectivity index (χ2n) is 12.6. The first-order chi connectivity index (χ1) is 18.9. The first-order valence-corrected chi connectivity index (χ1v) is 15.2. The lowest BCUT2D eigenvalue weighted by atomic mass is 9.82. The summed E-state index contributed by atoms with van der Waals surface area (Å²) in [4.78, 5) is 44.8.